The predicted molar refractivity (Wildman–Crippen MR) is 29.2 cm³/mol. The number of carboxylic acid groups (broad SMARTS) is 1. The second-order valence-corrected chi connectivity index (χ2v) is 3.03. The summed E-state index contributed by atoms with van der Waals surface area (Å²) in [7, 11) is 0. The molecule has 0 saturated heterocycles. The van der Waals surface area contributed by atoms with Crippen LogP contribution in [0.15, 0.2) is 0 Å². The SMILES string of the molecule is CC(N)(Br)C(=O)O. The number of rotatable bonds is 1. The van der Waals surface area contributed by atoms with Crippen LogP contribution >= 0.6 is 15.9 Å². The third-order valence-corrected chi connectivity index (χ3v) is 0.757. The van der Waals surface area contributed by atoms with Crippen molar-refractivity contribution in [2.75, 3.05) is 0 Å². The van der Waals surface area contributed by atoms with Gasteiger partial charge in [-0.15, -0.1) is 0 Å². The van der Waals surface area contributed by atoms with Crippen molar-refractivity contribution < 1.29 is 9.90 Å². The van der Waals surface area contributed by atoms with Crippen molar-refractivity contribution in [1.29, 1.82) is 0 Å². The molecule has 0 radical (unpaired) electrons. The van der Waals surface area contributed by atoms with Crippen molar-refractivity contribution in [3.63, 3.8) is 0 Å². The lowest BCUT2D eigenvalue weighted by atomic mass is 10.4. The molecular formula is C3H6BrNO2. The molecule has 0 rings (SSSR count). The van der Waals surface area contributed by atoms with Crippen LogP contribution in [-0.4, -0.2) is 15.5 Å². The maximum Gasteiger partial charge on any atom is 0.334 e. The Labute approximate surface area is 49.6 Å². The first-order valence-corrected chi connectivity index (χ1v) is 2.45. The van der Waals surface area contributed by atoms with Gasteiger partial charge in [-0.1, -0.05) is 15.9 Å². The van der Waals surface area contributed by atoms with Crippen LogP contribution in [0, 0.1) is 0 Å². The van der Waals surface area contributed by atoms with E-state index in [9.17, 15) is 4.79 Å². The van der Waals surface area contributed by atoms with E-state index in [1.165, 1.54) is 6.92 Å². The van der Waals surface area contributed by atoms with Crippen molar-refractivity contribution in [1.82, 2.24) is 0 Å². The predicted octanol–water partition coefficient (Wildman–Crippen LogP) is 0.141. The van der Waals surface area contributed by atoms with Crippen LogP contribution in [0.1, 0.15) is 6.92 Å². The second kappa shape index (κ2) is 1.79. The maximum atomic E-state index is 9.85. The highest BCUT2D eigenvalue weighted by Crippen LogP contribution is 2.06. The first kappa shape index (κ1) is 6.91. The Morgan fingerprint density at radius 3 is 2.14 bits per heavy atom. The summed E-state index contributed by atoms with van der Waals surface area (Å²) in [5.74, 6) is -1.06. The van der Waals surface area contributed by atoms with Gasteiger partial charge in [0, 0.05) is 0 Å². The summed E-state index contributed by atoms with van der Waals surface area (Å²) >= 11 is 2.72. The molecule has 0 fully saturated rings. The van der Waals surface area contributed by atoms with Crippen LogP contribution in [0.25, 0.3) is 0 Å². The summed E-state index contributed by atoms with van der Waals surface area (Å²) < 4.78 is -1.27. The summed E-state index contributed by atoms with van der Waals surface area (Å²) in [4.78, 5) is 9.85. The smallest absolute Gasteiger partial charge is 0.334 e. The maximum absolute atomic E-state index is 9.85. The fourth-order valence-corrected chi connectivity index (χ4v) is 0. The molecule has 42 valence electrons. The van der Waals surface area contributed by atoms with Gasteiger partial charge in [-0.05, 0) is 6.92 Å². The highest BCUT2D eigenvalue weighted by molar-refractivity contribution is 9.10. The fraction of sp³-hybridized carbons (Fsp3) is 0.667. The Hall–Kier alpha value is -0.0900. The number of hydrogen-bond acceptors (Lipinski definition) is 2. The molecule has 0 aromatic carbocycles. The molecule has 0 aliphatic carbocycles. The van der Waals surface area contributed by atoms with Crippen molar-refractivity contribution in [3.8, 4) is 0 Å². The summed E-state index contributed by atoms with van der Waals surface area (Å²) in [5, 5.41) is 8.08. The zero-order valence-corrected chi connectivity index (χ0v) is 5.40. The molecule has 0 aromatic rings. The summed E-state index contributed by atoms with van der Waals surface area (Å²) in [6.07, 6.45) is 0. The van der Waals surface area contributed by atoms with Crippen molar-refractivity contribution in [3.05, 3.63) is 0 Å². The van der Waals surface area contributed by atoms with E-state index in [0.717, 1.165) is 0 Å². The van der Waals surface area contributed by atoms with E-state index in [0.29, 0.717) is 0 Å². The zero-order chi connectivity index (χ0) is 6.08. The molecular weight excluding hydrogens is 162 g/mol. The number of halogens is 1. The van der Waals surface area contributed by atoms with E-state index in [1.54, 1.807) is 0 Å². The molecule has 4 heteroatoms. The molecule has 0 heterocycles. The lowest BCUT2D eigenvalue weighted by molar-refractivity contribution is -0.139. The molecule has 1 atom stereocenters. The molecule has 0 saturated carbocycles. The van der Waals surface area contributed by atoms with E-state index in [-0.39, 0.29) is 0 Å². The van der Waals surface area contributed by atoms with Gasteiger partial charge in [0.05, 0.1) is 0 Å². The summed E-state index contributed by atoms with van der Waals surface area (Å²) in [6, 6.07) is 0. The minimum atomic E-state index is -1.27. The number of carbonyl (C=O) groups is 1. The third kappa shape index (κ3) is 2.59. The van der Waals surface area contributed by atoms with Crippen LogP contribution in [0.2, 0.25) is 0 Å². The normalized spacial score (nSPS) is 18.1. The van der Waals surface area contributed by atoms with Gasteiger partial charge >= 0.3 is 5.97 Å². The van der Waals surface area contributed by atoms with Crippen LogP contribution in [-0.2, 0) is 4.79 Å². The number of aliphatic carboxylic acids is 1. The lowest BCUT2D eigenvalue weighted by Crippen LogP contribution is -2.37. The van der Waals surface area contributed by atoms with Gasteiger partial charge in [0.2, 0.25) is 0 Å². The van der Waals surface area contributed by atoms with E-state index in [2.05, 4.69) is 15.9 Å². The van der Waals surface area contributed by atoms with Crippen molar-refractivity contribution in [2.45, 2.75) is 11.4 Å². The number of hydrogen-bond donors (Lipinski definition) is 2. The lowest BCUT2D eigenvalue weighted by Gasteiger charge is -2.06. The third-order valence-electron chi connectivity index (χ3n) is 0.418. The average molecular weight is 168 g/mol. The summed E-state index contributed by atoms with van der Waals surface area (Å²) in [5.41, 5.74) is 5.00. The van der Waals surface area contributed by atoms with Gasteiger partial charge in [-0.25, -0.2) is 4.79 Å². The van der Waals surface area contributed by atoms with Gasteiger partial charge < -0.3 is 10.8 Å². The van der Waals surface area contributed by atoms with E-state index >= 15 is 0 Å². The number of nitrogens with two attached hydrogens (primary N) is 1. The minimum absolute atomic E-state index is 1.06. The fourth-order valence-electron chi connectivity index (χ4n) is 0. The average Bonchev–Trinajstić information content (AvgIpc) is 1.31. The Morgan fingerprint density at radius 2 is 2.14 bits per heavy atom. The van der Waals surface area contributed by atoms with Crippen molar-refractivity contribution >= 4 is 21.9 Å². The monoisotopic (exact) mass is 167 g/mol. The van der Waals surface area contributed by atoms with E-state index < -0.39 is 10.4 Å². The Balaban J connectivity index is 3.79. The molecule has 0 amide bonds. The Bertz CT molecular complexity index is 85.4. The zero-order valence-electron chi connectivity index (χ0n) is 3.81. The van der Waals surface area contributed by atoms with Gasteiger partial charge in [-0.2, -0.15) is 0 Å². The van der Waals surface area contributed by atoms with Crippen LogP contribution in [0.5, 0.6) is 0 Å². The first-order valence-electron chi connectivity index (χ1n) is 1.66. The molecule has 0 spiro atoms. The number of alkyl halides is 1. The van der Waals surface area contributed by atoms with Crippen molar-refractivity contribution in [2.24, 2.45) is 5.73 Å². The topological polar surface area (TPSA) is 63.3 Å². The van der Waals surface area contributed by atoms with Crippen LogP contribution < -0.4 is 5.73 Å². The molecule has 0 aliphatic rings. The largest absolute Gasteiger partial charge is 0.479 e. The van der Waals surface area contributed by atoms with Crippen LogP contribution in [0.4, 0.5) is 0 Å². The Morgan fingerprint density at radius 1 is 2.00 bits per heavy atom. The minimum Gasteiger partial charge on any atom is -0.479 e. The highest BCUT2D eigenvalue weighted by Gasteiger charge is 2.22. The quantitative estimate of drug-likeness (QED) is 0.432. The second-order valence-electron chi connectivity index (χ2n) is 1.38. The Kier molecular flexibility index (Phi) is 1.77. The van der Waals surface area contributed by atoms with E-state index in [4.69, 9.17) is 10.8 Å². The van der Waals surface area contributed by atoms with Gasteiger partial charge in [-0.3, -0.25) is 0 Å². The molecule has 3 nitrogen and oxygen atoms in total. The molecule has 7 heavy (non-hydrogen) atoms. The molecule has 0 aliphatic heterocycles. The van der Waals surface area contributed by atoms with Crippen LogP contribution in [0.3, 0.4) is 0 Å². The molecule has 0 bridgehead atoms. The standard InChI is InChI=1S/C3H6BrNO2/c1-3(4,5)2(6)7/h5H2,1H3,(H,6,7). The van der Waals surface area contributed by atoms with Gasteiger partial charge in [0.1, 0.15) is 0 Å². The van der Waals surface area contributed by atoms with E-state index in [1.807, 2.05) is 0 Å². The molecule has 3 N–H and O–H groups in total. The van der Waals surface area contributed by atoms with Gasteiger partial charge in [0.15, 0.2) is 4.45 Å². The first-order chi connectivity index (χ1) is 2.94. The molecule has 1 unspecified atom stereocenters. The van der Waals surface area contributed by atoms with Gasteiger partial charge in [0.25, 0.3) is 0 Å². The summed E-state index contributed by atoms with van der Waals surface area (Å²) in [6.45, 7) is 1.36. The molecule has 0 aromatic heterocycles. The number of carboxylic acids is 1. The highest BCUT2D eigenvalue weighted by atomic mass is 79.9.